The lowest BCUT2D eigenvalue weighted by Gasteiger charge is -2.16. The molecular weight excluding hydrogens is 224 g/mol. The van der Waals surface area contributed by atoms with E-state index < -0.39 is 0 Å². The van der Waals surface area contributed by atoms with Gasteiger partial charge >= 0.3 is 0 Å². The fourth-order valence-corrected chi connectivity index (χ4v) is 1.78. The van der Waals surface area contributed by atoms with Crippen molar-refractivity contribution in [2.45, 2.75) is 39.3 Å². The molecule has 0 saturated carbocycles. The summed E-state index contributed by atoms with van der Waals surface area (Å²) in [7, 11) is 1.71. The van der Waals surface area contributed by atoms with Crippen LogP contribution >= 0.6 is 0 Å². The highest BCUT2D eigenvalue weighted by Gasteiger charge is 2.02. The minimum absolute atomic E-state index is 0.498. The van der Waals surface area contributed by atoms with E-state index in [1.165, 1.54) is 5.56 Å². The molecule has 0 aliphatic rings. The molecule has 0 fully saturated rings. The van der Waals surface area contributed by atoms with Gasteiger partial charge in [0.2, 0.25) is 0 Å². The predicted molar refractivity (Wildman–Crippen MR) is 77.3 cm³/mol. The van der Waals surface area contributed by atoms with E-state index >= 15 is 0 Å². The van der Waals surface area contributed by atoms with E-state index in [0.29, 0.717) is 12.1 Å². The Morgan fingerprint density at radius 1 is 1.17 bits per heavy atom. The first-order valence-electron chi connectivity index (χ1n) is 6.71. The van der Waals surface area contributed by atoms with Crippen LogP contribution in [0.2, 0.25) is 0 Å². The molecule has 1 aromatic carbocycles. The number of methoxy groups -OCH3 is 1. The van der Waals surface area contributed by atoms with Crippen molar-refractivity contribution in [3.63, 3.8) is 0 Å². The first kappa shape index (κ1) is 15.0. The van der Waals surface area contributed by atoms with Crippen LogP contribution in [0.5, 0.6) is 5.75 Å². The van der Waals surface area contributed by atoms with Crippen molar-refractivity contribution in [2.75, 3.05) is 20.2 Å². The summed E-state index contributed by atoms with van der Waals surface area (Å²) in [5.41, 5.74) is 1.31. The van der Waals surface area contributed by atoms with Gasteiger partial charge in [-0.3, -0.25) is 0 Å². The van der Waals surface area contributed by atoms with Crippen molar-refractivity contribution >= 4 is 0 Å². The zero-order valence-electron chi connectivity index (χ0n) is 12.0. The van der Waals surface area contributed by atoms with E-state index in [9.17, 15) is 0 Å². The van der Waals surface area contributed by atoms with Gasteiger partial charge in [0.1, 0.15) is 5.75 Å². The zero-order chi connectivity index (χ0) is 13.4. The Morgan fingerprint density at radius 3 is 2.61 bits per heavy atom. The molecule has 0 saturated heterocycles. The normalized spacial score (nSPS) is 12.7. The van der Waals surface area contributed by atoms with E-state index in [2.05, 4.69) is 43.5 Å². The van der Waals surface area contributed by atoms with Crippen LogP contribution in [0.1, 0.15) is 26.3 Å². The molecule has 0 radical (unpaired) electrons. The number of benzene rings is 1. The Kier molecular flexibility index (Phi) is 6.76. The Morgan fingerprint density at radius 2 is 1.94 bits per heavy atom. The Bertz CT molecular complexity index is 339. The molecule has 0 aliphatic carbocycles. The smallest absolute Gasteiger partial charge is 0.119 e. The van der Waals surface area contributed by atoms with Crippen molar-refractivity contribution in [1.82, 2.24) is 10.6 Å². The molecule has 0 bridgehead atoms. The molecule has 0 spiro atoms. The summed E-state index contributed by atoms with van der Waals surface area (Å²) in [6, 6.07) is 9.30. The molecule has 0 heterocycles. The highest BCUT2D eigenvalue weighted by atomic mass is 16.5. The van der Waals surface area contributed by atoms with Crippen LogP contribution in [-0.4, -0.2) is 32.3 Å². The van der Waals surface area contributed by atoms with Gasteiger partial charge < -0.3 is 15.4 Å². The first-order valence-corrected chi connectivity index (χ1v) is 6.71. The van der Waals surface area contributed by atoms with Gasteiger partial charge in [0, 0.05) is 18.6 Å². The second kappa shape index (κ2) is 8.11. The molecule has 0 amide bonds. The van der Waals surface area contributed by atoms with Crippen LogP contribution in [0.15, 0.2) is 24.3 Å². The molecule has 3 nitrogen and oxygen atoms in total. The van der Waals surface area contributed by atoms with Gasteiger partial charge in [-0.1, -0.05) is 26.0 Å². The lowest BCUT2D eigenvalue weighted by molar-refractivity contribution is 0.414. The van der Waals surface area contributed by atoms with Gasteiger partial charge in [0.05, 0.1) is 7.11 Å². The van der Waals surface area contributed by atoms with E-state index in [1.807, 2.05) is 12.1 Å². The average Bonchev–Trinajstić information content (AvgIpc) is 2.36. The van der Waals surface area contributed by atoms with Crippen molar-refractivity contribution in [3.05, 3.63) is 29.8 Å². The van der Waals surface area contributed by atoms with E-state index in [1.54, 1.807) is 7.11 Å². The van der Waals surface area contributed by atoms with Crippen molar-refractivity contribution in [1.29, 1.82) is 0 Å². The number of hydrogen-bond donors (Lipinski definition) is 2. The molecule has 18 heavy (non-hydrogen) atoms. The monoisotopic (exact) mass is 250 g/mol. The van der Waals surface area contributed by atoms with Crippen molar-refractivity contribution < 1.29 is 4.74 Å². The summed E-state index contributed by atoms with van der Waals surface area (Å²) in [4.78, 5) is 0. The fraction of sp³-hybridized carbons (Fsp3) is 0.600. The van der Waals surface area contributed by atoms with Gasteiger partial charge in [0.25, 0.3) is 0 Å². The quantitative estimate of drug-likeness (QED) is 0.742. The number of hydrogen-bond acceptors (Lipinski definition) is 3. The Labute approximate surface area is 111 Å². The number of rotatable bonds is 8. The molecule has 2 N–H and O–H groups in total. The summed E-state index contributed by atoms with van der Waals surface area (Å²) in [6.45, 7) is 8.55. The SMILES string of the molecule is COc1cccc(CCNC(C)CNC(C)C)c1. The van der Waals surface area contributed by atoms with E-state index in [4.69, 9.17) is 4.74 Å². The van der Waals surface area contributed by atoms with Gasteiger partial charge in [-0.05, 0) is 37.6 Å². The van der Waals surface area contributed by atoms with Crippen molar-refractivity contribution in [2.24, 2.45) is 0 Å². The molecule has 1 aromatic rings. The number of ether oxygens (including phenoxy) is 1. The third-order valence-electron chi connectivity index (χ3n) is 2.87. The molecule has 1 rings (SSSR count). The van der Waals surface area contributed by atoms with Crippen LogP contribution in [-0.2, 0) is 6.42 Å². The second-order valence-electron chi connectivity index (χ2n) is 5.02. The highest BCUT2D eigenvalue weighted by Crippen LogP contribution is 2.12. The van der Waals surface area contributed by atoms with Crippen LogP contribution in [0.4, 0.5) is 0 Å². The molecule has 0 aromatic heterocycles. The molecule has 102 valence electrons. The van der Waals surface area contributed by atoms with Gasteiger partial charge in [-0.25, -0.2) is 0 Å². The maximum atomic E-state index is 5.22. The molecular formula is C15H26N2O. The van der Waals surface area contributed by atoms with Crippen molar-refractivity contribution in [3.8, 4) is 5.75 Å². The third kappa shape index (κ3) is 6.03. The maximum absolute atomic E-state index is 5.22. The molecule has 3 heteroatoms. The molecule has 0 aliphatic heterocycles. The average molecular weight is 250 g/mol. The minimum atomic E-state index is 0.498. The number of nitrogens with one attached hydrogen (secondary N) is 2. The Hall–Kier alpha value is -1.06. The summed E-state index contributed by atoms with van der Waals surface area (Å²) in [6.07, 6.45) is 1.03. The topological polar surface area (TPSA) is 33.3 Å². The lowest BCUT2D eigenvalue weighted by atomic mass is 10.1. The fourth-order valence-electron chi connectivity index (χ4n) is 1.78. The second-order valence-corrected chi connectivity index (χ2v) is 5.02. The Balaban J connectivity index is 2.24. The first-order chi connectivity index (χ1) is 8.61. The molecule has 1 atom stereocenters. The lowest BCUT2D eigenvalue weighted by Crippen LogP contribution is -2.39. The third-order valence-corrected chi connectivity index (χ3v) is 2.87. The predicted octanol–water partition coefficient (Wildman–Crippen LogP) is 2.21. The van der Waals surface area contributed by atoms with Crippen LogP contribution in [0.3, 0.4) is 0 Å². The van der Waals surface area contributed by atoms with E-state index in [0.717, 1.165) is 25.3 Å². The van der Waals surface area contributed by atoms with Crippen LogP contribution in [0, 0.1) is 0 Å². The maximum Gasteiger partial charge on any atom is 0.119 e. The summed E-state index contributed by atoms with van der Waals surface area (Å²) >= 11 is 0. The molecule has 1 unspecified atom stereocenters. The van der Waals surface area contributed by atoms with Gasteiger partial charge in [0.15, 0.2) is 0 Å². The van der Waals surface area contributed by atoms with Gasteiger partial charge in [-0.15, -0.1) is 0 Å². The van der Waals surface area contributed by atoms with Crippen LogP contribution < -0.4 is 15.4 Å². The summed E-state index contributed by atoms with van der Waals surface area (Å²) < 4.78 is 5.22. The zero-order valence-corrected chi connectivity index (χ0v) is 12.0. The van der Waals surface area contributed by atoms with E-state index in [-0.39, 0.29) is 0 Å². The summed E-state index contributed by atoms with van der Waals surface area (Å²) in [5, 5.41) is 6.95. The minimum Gasteiger partial charge on any atom is -0.497 e. The largest absolute Gasteiger partial charge is 0.497 e. The van der Waals surface area contributed by atoms with Crippen LogP contribution in [0.25, 0.3) is 0 Å². The summed E-state index contributed by atoms with van der Waals surface area (Å²) in [5.74, 6) is 0.932. The highest BCUT2D eigenvalue weighted by molar-refractivity contribution is 5.28. The standard InChI is InChI=1S/C15H26N2O/c1-12(2)17-11-13(3)16-9-8-14-6-5-7-15(10-14)18-4/h5-7,10,12-13,16-17H,8-9,11H2,1-4H3. The van der Waals surface area contributed by atoms with Gasteiger partial charge in [-0.2, -0.15) is 0 Å².